The molecule has 1 aliphatic carbocycles. The Morgan fingerprint density at radius 3 is 2.45 bits per heavy atom. The van der Waals surface area contributed by atoms with Crippen molar-refractivity contribution >= 4 is 0 Å². The summed E-state index contributed by atoms with van der Waals surface area (Å²) in [6.45, 7) is 2.86. The Morgan fingerprint density at radius 1 is 1.20 bits per heavy atom. The van der Waals surface area contributed by atoms with Crippen LogP contribution in [-0.2, 0) is 6.42 Å². The van der Waals surface area contributed by atoms with Crippen molar-refractivity contribution in [1.82, 2.24) is 0 Å². The van der Waals surface area contributed by atoms with Crippen LogP contribution in [0.15, 0.2) is 18.2 Å². The van der Waals surface area contributed by atoms with Gasteiger partial charge in [-0.2, -0.15) is 0 Å². The van der Waals surface area contributed by atoms with Crippen LogP contribution in [0.2, 0.25) is 0 Å². The van der Waals surface area contributed by atoms with Crippen LogP contribution in [0.1, 0.15) is 51.0 Å². The third-order valence-corrected chi connectivity index (χ3v) is 4.86. The maximum absolute atomic E-state index is 13.3. The van der Waals surface area contributed by atoms with Crippen molar-refractivity contribution < 1.29 is 8.78 Å². The zero-order valence-corrected chi connectivity index (χ0v) is 12.3. The Hall–Kier alpha value is -0.960. The van der Waals surface area contributed by atoms with Crippen LogP contribution in [0.25, 0.3) is 0 Å². The smallest absolute Gasteiger partial charge is 0.159 e. The van der Waals surface area contributed by atoms with E-state index >= 15 is 0 Å². The molecule has 0 amide bonds. The molecule has 1 nitrogen and oxygen atoms in total. The highest BCUT2D eigenvalue weighted by Crippen LogP contribution is 2.42. The molecule has 0 heterocycles. The van der Waals surface area contributed by atoms with E-state index in [2.05, 4.69) is 6.92 Å². The zero-order valence-electron chi connectivity index (χ0n) is 12.3. The fourth-order valence-corrected chi connectivity index (χ4v) is 3.52. The van der Waals surface area contributed by atoms with Gasteiger partial charge in [0.2, 0.25) is 0 Å². The molecular weight excluding hydrogens is 256 g/mol. The lowest BCUT2D eigenvalue weighted by Crippen LogP contribution is -2.36. The van der Waals surface area contributed by atoms with E-state index in [0.29, 0.717) is 6.54 Å². The van der Waals surface area contributed by atoms with Crippen molar-refractivity contribution in [2.75, 3.05) is 6.54 Å². The number of nitrogens with two attached hydrogens (primary N) is 1. The van der Waals surface area contributed by atoms with E-state index in [-0.39, 0.29) is 5.41 Å². The third kappa shape index (κ3) is 3.57. The molecule has 0 aromatic heterocycles. The van der Waals surface area contributed by atoms with Crippen molar-refractivity contribution in [3.05, 3.63) is 35.4 Å². The molecule has 20 heavy (non-hydrogen) atoms. The van der Waals surface area contributed by atoms with Gasteiger partial charge in [-0.15, -0.1) is 0 Å². The number of benzene rings is 1. The molecule has 1 fully saturated rings. The summed E-state index contributed by atoms with van der Waals surface area (Å²) < 4.78 is 26.3. The van der Waals surface area contributed by atoms with Crippen molar-refractivity contribution in [3.8, 4) is 0 Å². The predicted octanol–water partition coefficient (Wildman–Crippen LogP) is 4.44. The Labute approximate surface area is 120 Å². The standard InChI is InChI=1S/C17H25F2N/c1-2-3-13-6-8-17(12-20,9-7-13)11-14-4-5-15(18)16(19)10-14/h4-5,10,13H,2-3,6-9,11-12,20H2,1H3. The molecule has 2 N–H and O–H groups in total. The monoisotopic (exact) mass is 281 g/mol. The predicted molar refractivity (Wildman–Crippen MR) is 78.4 cm³/mol. The maximum Gasteiger partial charge on any atom is 0.159 e. The van der Waals surface area contributed by atoms with Crippen LogP contribution in [0, 0.1) is 23.0 Å². The van der Waals surface area contributed by atoms with Gasteiger partial charge < -0.3 is 5.73 Å². The lowest BCUT2D eigenvalue weighted by atomic mass is 9.67. The molecule has 0 aliphatic heterocycles. The second kappa shape index (κ2) is 6.66. The fourth-order valence-electron chi connectivity index (χ4n) is 3.52. The normalized spacial score (nSPS) is 26.7. The number of hydrogen-bond donors (Lipinski definition) is 1. The largest absolute Gasteiger partial charge is 0.330 e. The number of halogens is 2. The summed E-state index contributed by atoms with van der Waals surface area (Å²) >= 11 is 0. The highest BCUT2D eigenvalue weighted by Gasteiger charge is 2.34. The van der Waals surface area contributed by atoms with E-state index in [9.17, 15) is 8.78 Å². The van der Waals surface area contributed by atoms with Gasteiger partial charge in [-0.25, -0.2) is 8.78 Å². The molecular formula is C17H25F2N. The molecule has 0 radical (unpaired) electrons. The van der Waals surface area contributed by atoms with Crippen LogP contribution < -0.4 is 5.73 Å². The summed E-state index contributed by atoms with van der Waals surface area (Å²) in [6, 6.07) is 4.23. The summed E-state index contributed by atoms with van der Waals surface area (Å²) in [6.07, 6.45) is 7.94. The van der Waals surface area contributed by atoms with Gasteiger partial charge in [0.1, 0.15) is 0 Å². The van der Waals surface area contributed by atoms with Crippen LogP contribution >= 0.6 is 0 Å². The minimum absolute atomic E-state index is 0.0779. The molecule has 3 heteroatoms. The fraction of sp³-hybridized carbons (Fsp3) is 0.647. The average Bonchev–Trinajstić information content (AvgIpc) is 2.46. The molecule has 1 aromatic carbocycles. The molecule has 0 atom stereocenters. The molecule has 1 aliphatic rings. The second-order valence-electron chi connectivity index (χ2n) is 6.36. The summed E-state index contributed by atoms with van der Waals surface area (Å²) in [5.41, 5.74) is 6.95. The molecule has 0 unspecified atom stereocenters. The molecule has 0 bridgehead atoms. The van der Waals surface area contributed by atoms with E-state index in [1.165, 1.54) is 37.8 Å². The molecule has 2 rings (SSSR count). The lowest BCUT2D eigenvalue weighted by Gasteiger charge is -2.39. The van der Waals surface area contributed by atoms with Crippen LogP contribution in [0.4, 0.5) is 8.78 Å². The van der Waals surface area contributed by atoms with E-state index in [1.54, 1.807) is 6.07 Å². The third-order valence-electron chi connectivity index (χ3n) is 4.86. The molecule has 1 aromatic rings. The average molecular weight is 281 g/mol. The van der Waals surface area contributed by atoms with Crippen molar-refractivity contribution in [3.63, 3.8) is 0 Å². The van der Waals surface area contributed by atoms with Crippen molar-refractivity contribution in [2.45, 2.75) is 51.9 Å². The van der Waals surface area contributed by atoms with E-state index in [0.717, 1.165) is 30.7 Å². The quantitative estimate of drug-likeness (QED) is 0.848. The summed E-state index contributed by atoms with van der Waals surface area (Å²) in [5, 5.41) is 0. The van der Waals surface area contributed by atoms with Crippen LogP contribution in [0.3, 0.4) is 0 Å². The highest BCUT2D eigenvalue weighted by atomic mass is 19.2. The van der Waals surface area contributed by atoms with Gasteiger partial charge in [-0.1, -0.05) is 25.8 Å². The Balaban J connectivity index is 2.03. The Morgan fingerprint density at radius 2 is 1.90 bits per heavy atom. The van der Waals surface area contributed by atoms with Gasteiger partial charge in [0.15, 0.2) is 11.6 Å². The van der Waals surface area contributed by atoms with Gasteiger partial charge in [-0.05, 0) is 67.7 Å². The minimum Gasteiger partial charge on any atom is -0.330 e. The first-order chi connectivity index (χ1) is 9.58. The van der Waals surface area contributed by atoms with Gasteiger partial charge in [-0.3, -0.25) is 0 Å². The van der Waals surface area contributed by atoms with Crippen LogP contribution in [0.5, 0.6) is 0 Å². The summed E-state index contributed by atoms with van der Waals surface area (Å²) in [5.74, 6) is -0.707. The summed E-state index contributed by atoms with van der Waals surface area (Å²) in [4.78, 5) is 0. The van der Waals surface area contributed by atoms with Crippen molar-refractivity contribution in [1.29, 1.82) is 0 Å². The van der Waals surface area contributed by atoms with E-state index in [4.69, 9.17) is 5.73 Å². The molecule has 1 saturated carbocycles. The number of rotatable bonds is 5. The van der Waals surface area contributed by atoms with E-state index < -0.39 is 11.6 Å². The molecule has 0 saturated heterocycles. The Bertz CT molecular complexity index is 437. The lowest BCUT2D eigenvalue weighted by molar-refractivity contribution is 0.150. The SMILES string of the molecule is CCCC1CCC(CN)(Cc2ccc(F)c(F)c2)CC1. The van der Waals surface area contributed by atoms with Gasteiger partial charge in [0.05, 0.1) is 0 Å². The van der Waals surface area contributed by atoms with Gasteiger partial charge in [0.25, 0.3) is 0 Å². The maximum atomic E-state index is 13.3. The zero-order chi connectivity index (χ0) is 14.6. The Kier molecular flexibility index (Phi) is 5.14. The van der Waals surface area contributed by atoms with Gasteiger partial charge in [0, 0.05) is 0 Å². The van der Waals surface area contributed by atoms with Crippen LogP contribution in [-0.4, -0.2) is 6.54 Å². The first kappa shape index (κ1) is 15.4. The second-order valence-corrected chi connectivity index (χ2v) is 6.36. The van der Waals surface area contributed by atoms with Crippen molar-refractivity contribution in [2.24, 2.45) is 17.1 Å². The summed E-state index contributed by atoms with van der Waals surface area (Å²) in [7, 11) is 0. The van der Waals surface area contributed by atoms with E-state index in [1.807, 2.05) is 0 Å². The highest BCUT2D eigenvalue weighted by molar-refractivity contribution is 5.19. The first-order valence-electron chi connectivity index (χ1n) is 7.72. The minimum atomic E-state index is -0.776. The number of hydrogen-bond acceptors (Lipinski definition) is 1. The molecule has 112 valence electrons. The first-order valence-corrected chi connectivity index (χ1v) is 7.72. The molecule has 0 spiro atoms. The van der Waals surface area contributed by atoms with Gasteiger partial charge >= 0.3 is 0 Å². The topological polar surface area (TPSA) is 26.0 Å².